The fourth-order valence-electron chi connectivity index (χ4n) is 3.52. The summed E-state index contributed by atoms with van der Waals surface area (Å²) in [5.41, 5.74) is 4.58. The van der Waals surface area contributed by atoms with Crippen LogP contribution in [0.1, 0.15) is 29.5 Å². The number of fused-ring (bicyclic) bond motifs is 1. The number of methoxy groups -OCH3 is 2. The molecule has 0 unspecified atom stereocenters. The molecule has 2 aromatic rings. The van der Waals surface area contributed by atoms with Gasteiger partial charge in [0.15, 0.2) is 5.78 Å². The second-order valence-electron chi connectivity index (χ2n) is 7.41. The van der Waals surface area contributed by atoms with Crippen LogP contribution in [-0.4, -0.2) is 31.4 Å². The lowest BCUT2D eigenvalue weighted by Crippen LogP contribution is -2.20. The maximum Gasteiger partial charge on any atom is 0.154 e. The summed E-state index contributed by atoms with van der Waals surface area (Å²) >= 11 is 0. The van der Waals surface area contributed by atoms with Crippen LogP contribution in [0.15, 0.2) is 42.6 Å². The number of nitrogens with zero attached hydrogens (tertiary/aromatic N) is 1. The predicted octanol–water partition coefficient (Wildman–Crippen LogP) is 4.08. The number of anilines is 1. The third-order valence-electron chi connectivity index (χ3n) is 5.35. The Morgan fingerprint density at radius 2 is 2.00 bits per heavy atom. The number of ketones is 1. The van der Waals surface area contributed by atoms with E-state index >= 15 is 0 Å². The van der Waals surface area contributed by atoms with E-state index in [-0.39, 0.29) is 0 Å². The van der Waals surface area contributed by atoms with Crippen molar-refractivity contribution < 1.29 is 14.3 Å². The van der Waals surface area contributed by atoms with Crippen LogP contribution in [0.2, 0.25) is 0 Å². The lowest BCUT2D eigenvalue weighted by molar-refractivity contribution is -0.118. The molecule has 0 spiro atoms. The molecule has 1 aliphatic heterocycles. The van der Waals surface area contributed by atoms with Crippen LogP contribution in [-0.2, 0) is 17.9 Å². The summed E-state index contributed by atoms with van der Waals surface area (Å²) < 4.78 is 10.8. The van der Waals surface area contributed by atoms with E-state index in [1.165, 1.54) is 11.1 Å². The lowest BCUT2D eigenvalue weighted by atomic mass is 10.0. The SMILES string of the molecule is COc1ccc(CN2C=Cc3ccc(NCC(=O)C4CC4)cc3C2)c(OC)c1. The van der Waals surface area contributed by atoms with Gasteiger partial charge in [0.25, 0.3) is 0 Å². The van der Waals surface area contributed by atoms with Gasteiger partial charge in [-0.3, -0.25) is 4.79 Å². The molecule has 1 heterocycles. The number of carbonyl (C=O) groups excluding carboxylic acids is 1. The second-order valence-corrected chi connectivity index (χ2v) is 7.41. The molecule has 1 N–H and O–H groups in total. The van der Waals surface area contributed by atoms with E-state index < -0.39 is 0 Å². The van der Waals surface area contributed by atoms with E-state index in [4.69, 9.17) is 9.47 Å². The van der Waals surface area contributed by atoms with Gasteiger partial charge in [0, 0.05) is 42.5 Å². The molecule has 0 amide bonds. The van der Waals surface area contributed by atoms with Gasteiger partial charge in [0.1, 0.15) is 11.5 Å². The molecule has 5 heteroatoms. The number of hydrogen-bond acceptors (Lipinski definition) is 5. The van der Waals surface area contributed by atoms with Gasteiger partial charge in [0.05, 0.1) is 20.8 Å². The van der Waals surface area contributed by atoms with Crippen molar-refractivity contribution in [2.45, 2.75) is 25.9 Å². The minimum absolute atomic E-state index is 0.294. The third kappa shape index (κ3) is 4.14. The Morgan fingerprint density at radius 1 is 1.14 bits per heavy atom. The van der Waals surface area contributed by atoms with Crippen molar-refractivity contribution in [1.29, 1.82) is 0 Å². The predicted molar refractivity (Wildman–Crippen MR) is 110 cm³/mol. The summed E-state index contributed by atoms with van der Waals surface area (Å²) in [6.45, 7) is 1.99. The van der Waals surface area contributed by atoms with Gasteiger partial charge < -0.3 is 19.7 Å². The highest BCUT2D eigenvalue weighted by Gasteiger charge is 2.28. The van der Waals surface area contributed by atoms with Crippen LogP contribution in [0.25, 0.3) is 6.08 Å². The van der Waals surface area contributed by atoms with Crippen LogP contribution in [0, 0.1) is 5.92 Å². The maximum atomic E-state index is 11.9. The van der Waals surface area contributed by atoms with E-state index in [1.54, 1.807) is 14.2 Å². The molecular formula is C23H26N2O3. The fraction of sp³-hybridized carbons (Fsp3) is 0.348. The van der Waals surface area contributed by atoms with Crippen LogP contribution in [0.3, 0.4) is 0 Å². The smallest absolute Gasteiger partial charge is 0.154 e. The van der Waals surface area contributed by atoms with E-state index in [0.29, 0.717) is 18.2 Å². The van der Waals surface area contributed by atoms with Gasteiger partial charge in [-0.1, -0.05) is 6.07 Å². The molecule has 0 aromatic heterocycles. The Labute approximate surface area is 165 Å². The van der Waals surface area contributed by atoms with E-state index in [1.807, 2.05) is 24.3 Å². The number of rotatable bonds is 8. The Bertz CT molecular complexity index is 903. The molecule has 0 bridgehead atoms. The Kier molecular flexibility index (Phi) is 5.24. The number of nitrogens with one attached hydrogen (secondary N) is 1. The van der Waals surface area contributed by atoms with Gasteiger partial charge in [0.2, 0.25) is 0 Å². The molecule has 4 rings (SSSR count). The number of hydrogen-bond donors (Lipinski definition) is 1. The lowest BCUT2D eigenvalue weighted by Gasteiger charge is -2.26. The van der Waals surface area contributed by atoms with Crippen molar-refractivity contribution in [2.24, 2.45) is 5.92 Å². The molecule has 28 heavy (non-hydrogen) atoms. The molecule has 2 aromatic carbocycles. The minimum atomic E-state index is 0.294. The normalized spacial score (nSPS) is 15.1. The molecule has 1 saturated carbocycles. The Hall–Kier alpha value is -2.95. The quantitative estimate of drug-likeness (QED) is 0.750. The summed E-state index contributed by atoms with van der Waals surface area (Å²) in [4.78, 5) is 14.2. The average molecular weight is 378 g/mol. The van der Waals surface area contributed by atoms with Gasteiger partial charge >= 0.3 is 0 Å². The number of ether oxygens (including phenoxy) is 2. The topological polar surface area (TPSA) is 50.8 Å². The summed E-state index contributed by atoms with van der Waals surface area (Å²) in [5, 5.41) is 3.29. The Balaban J connectivity index is 1.43. The van der Waals surface area contributed by atoms with E-state index in [9.17, 15) is 4.79 Å². The van der Waals surface area contributed by atoms with Gasteiger partial charge in [-0.15, -0.1) is 0 Å². The third-order valence-corrected chi connectivity index (χ3v) is 5.35. The minimum Gasteiger partial charge on any atom is -0.497 e. The van der Waals surface area contributed by atoms with E-state index in [0.717, 1.165) is 48.7 Å². The zero-order valence-electron chi connectivity index (χ0n) is 16.4. The van der Waals surface area contributed by atoms with Crippen LogP contribution >= 0.6 is 0 Å². The summed E-state index contributed by atoms with van der Waals surface area (Å²) in [7, 11) is 3.34. The Morgan fingerprint density at radius 3 is 2.75 bits per heavy atom. The summed E-state index contributed by atoms with van der Waals surface area (Å²) in [6.07, 6.45) is 6.36. The molecular weight excluding hydrogens is 352 g/mol. The standard InChI is InChI=1S/C23H26N2O3/c1-27-21-8-6-18(23(12-21)28-2)14-25-10-9-16-5-7-20(11-19(16)15-25)24-13-22(26)17-3-4-17/h5-12,17,24H,3-4,13-15H2,1-2H3. The highest BCUT2D eigenvalue weighted by Crippen LogP contribution is 2.31. The zero-order chi connectivity index (χ0) is 19.5. The molecule has 0 atom stereocenters. The molecule has 2 aliphatic rings. The van der Waals surface area contributed by atoms with Crippen molar-refractivity contribution in [3.63, 3.8) is 0 Å². The molecule has 1 fully saturated rings. The van der Waals surface area contributed by atoms with Crippen molar-refractivity contribution >= 4 is 17.5 Å². The van der Waals surface area contributed by atoms with Crippen molar-refractivity contribution in [3.05, 3.63) is 59.3 Å². The van der Waals surface area contributed by atoms with Crippen molar-refractivity contribution in [3.8, 4) is 11.5 Å². The first-order chi connectivity index (χ1) is 13.7. The van der Waals surface area contributed by atoms with Crippen LogP contribution < -0.4 is 14.8 Å². The highest BCUT2D eigenvalue weighted by molar-refractivity contribution is 5.87. The highest BCUT2D eigenvalue weighted by atomic mass is 16.5. The first-order valence-electron chi connectivity index (χ1n) is 9.69. The van der Waals surface area contributed by atoms with E-state index in [2.05, 4.69) is 34.6 Å². The van der Waals surface area contributed by atoms with Gasteiger partial charge in [-0.05, 0) is 54.3 Å². The summed E-state index contributed by atoms with van der Waals surface area (Å²) in [6, 6.07) is 12.2. The molecule has 0 radical (unpaired) electrons. The average Bonchev–Trinajstić information content (AvgIpc) is 3.57. The molecule has 146 valence electrons. The first kappa shape index (κ1) is 18.4. The first-order valence-corrected chi connectivity index (χ1v) is 9.69. The second kappa shape index (κ2) is 7.97. The maximum absolute atomic E-state index is 11.9. The zero-order valence-corrected chi connectivity index (χ0v) is 16.4. The number of benzene rings is 2. The fourth-order valence-corrected chi connectivity index (χ4v) is 3.52. The van der Waals surface area contributed by atoms with Crippen molar-refractivity contribution in [2.75, 3.05) is 26.1 Å². The van der Waals surface area contributed by atoms with Crippen LogP contribution in [0.4, 0.5) is 5.69 Å². The molecule has 5 nitrogen and oxygen atoms in total. The van der Waals surface area contributed by atoms with Crippen molar-refractivity contribution in [1.82, 2.24) is 4.90 Å². The van der Waals surface area contributed by atoms with Crippen LogP contribution in [0.5, 0.6) is 11.5 Å². The number of Topliss-reactive ketones (excluding diaryl/α,β-unsaturated/α-hetero) is 1. The van der Waals surface area contributed by atoms with Gasteiger partial charge in [-0.2, -0.15) is 0 Å². The molecule has 1 aliphatic carbocycles. The summed E-state index contributed by atoms with van der Waals surface area (Å²) in [5.74, 6) is 2.23. The van der Waals surface area contributed by atoms with Gasteiger partial charge in [-0.25, -0.2) is 0 Å². The number of carbonyl (C=O) groups is 1. The monoisotopic (exact) mass is 378 g/mol. The largest absolute Gasteiger partial charge is 0.497 e. The molecule has 0 saturated heterocycles.